The summed E-state index contributed by atoms with van der Waals surface area (Å²) in [5.74, 6) is 0.487. The van der Waals surface area contributed by atoms with Crippen molar-refractivity contribution in [1.29, 1.82) is 0 Å². The Bertz CT molecular complexity index is 981. The first-order valence-electron chi connectivity index (χ1n) is 11.7. The van der Waals surface area contributed by atoms with Gasteiger partial charge in [0.1, 0.15) is 11.9 Å². The minimum absolute atomic E-state index is 0.131. The van der Waals surface area contributed by atoms with Crippen LogP contribution in [-0.4, -0.2) is 35.4 Å². The predicted octanol–water partition coefficient (Wildman–Crippen LogP) is 2.61. The van der Waals surface area contributed by atoms with Crippen LogP contribution in [0.25, 0.3) is 0 Å². The van der Waals surface area contributed by atoms with E-state index >= 15 is 0 Å². The van der Waals surface area contributed by atoms with Crippen LogP contribution in [0.2, 0.25) is 0 Å². The number of aromatic nitrogens is 1. The third-order valence-corrected chi connectivity index (χ3v) is 6.30. The van der Waals surface area contributed by atoms with Crippen LogP contribution in [0.5, 0.6) is 0 Å². The van der Waals surface area contributed by atoms with Crippen LogP contribution in [0.1, 0.15) is 56.5 Å². The molecule has 1 saturated heterocycles. The Morgan fingerprint density at radius 2 is 1.88 bits per heavy atom. The summed E-state index contributed by atoms with van der Waals surface area (Å²) in [6, 6.07) is 11.4. The number of aryl methyl sites for hydroxylation is 1. The summed E-state index contributed by atoms with van der Waals surface area (Å²) in [5, 5.41) is 9.01. The topological polar surface area (TPSA) is 109 Å². The molecule has 33 heavy (non-hydrogen) atoms. The lowest BCUT2D eigenvalue weighted by atomic mass is 9.86. The van der Waals surface area contributed by atoms with Gasteiger partial charge in [0, 0.05) is 12.2 Å². The van der Waals surface area contributed by atoms with Crippen molar-refractivity contribution in [2.75, 3.05) is 12.3 Å². The van der Waals surface area contributed by atoms with E-state index in [2.05, 4.69) is 66.0 Å². The maximum absolute atomic E-state index is 12.7. The lowest BCUT2D eigenvalue weighted by molar-refractivity contribution is -0.129. The van der Waals surface area contributed by atoms with Crippen molar-refractivity contribution in [3.8, 4) is 0 Å². The number of hydrogen-bond acceptors (Lipinski definition) is 5. The fourth-order valence-corrected chi connectivity index (χ4v) is 4.15. The molecule has 5 N–H and O–H groups in total. The van der Waals surface area contributed by atoms with Crippen LogP contribution in [0.3, 0.4) is 0 Å². The molecule has 2 heterocycles. The Kier molecular flexibility index (Phi) is 7.74. The fraction of sp³-hybridized carbons (Fsp3) is 0.500. The van der Waals surface area contributed by atoms with Crippen LogP contribution >= 0.6 is 0 Å². The second-order valence-electron chi connectivity index (χ2n) is 10.1. The summed E-state index contributed by atoms with van der Waals surface area (Å²) in [6.07, 6.45) is 1.70. The van der Waals surface area contributed by atoms with Crippen molar-refractivity contribution in [3.05, 3.63) is 58.8 Å². The minimum Gasteiger partial charge on any atom is -0.384 e. The largest absolute Gasteiger partial charge is 0.384 e. The van der Waals surface area contributed by atoms with Crippen LogP contribution in [0.4, 0.5) is 5.82 Å². The minimum atomic E-state index is -0.620. The number of pyridine rings is 1. The zero-order valence-electron chi connectivity index (χ0n) is 20.4. The molecule has 0 saturated carbocycles. The van der Waals surface area contributed by atoms with E-state index in [1.807, 2.05) is 13.0 Å². The summed E-state index contributed by atoms with van der Waals surface area (Å²) in [7, 11) is 0. The van der Waals surface area contributed by atoms with Gasteiger partial charge in [-0.2, -0.15) is 0 Å². The second-order valence-corrected chi connectivity index (χ2v) is 10.1. The maximum Gasteiger partial charge on any atom is 0.242 e. The molecule has 178 valence electrons. The van der Waals surface area contributed by atoms with Gasteiger partial charge in [0.05, 0.1) is 6.04 Å². The molecule has 7 heteroatoms. The zero-order chi connectivity index (χ0) is 24.2. The third-order valence-electron chi connectivity index (χ3n) is 6.30. The van der Waals surface area contributed by atoms with E-state index in [0.717, 1.165) is 30.6 Å². The molecule has 0 aliphatic carbocycles. The normalized spacial score (nSPS) is 19.2. The van der Waals surface area contributed by atoms with Crippen molar-refractivity contribution in [2.24, 2.45) is 5.92 Å². The Morgan fingerprint density at radius 3 is 2.52 bits per heavy atom. The highest BCUT2D eigenvalue weighted by Crippen LogP contribution is 2.24. The SMILES string of the molecule is Cc1nc(N)ccc1CNC(=O)[C@H](C)NC(=O)[C@H]1C[C@H](Cc2ccc(C(C)(C)C)cc2)CN1. The van der Waals surface area contributed by atoms with Crippen LogP contribution in [-0.2, 0) is 28.0 Å². The highest BCUT2D eigenvalue weighted by Gasteiger charge is 2.31. The van der Waals surface area contributed by atoms with Gasteiger partial charge in [0.2, 0.25) is 11.8 Å². The maximum atomic E-state index is 12.7. The smallest absolute Gasteiger partial charge is 0.242 e. The molecule has 7 nitrogen and oxygen atoms in total. The van der Waals surface area contributed by atoms with E-state index in [1.165, 1.54) is 11.1 Å². The quantitative estimate of drug-likeness (QED) is 0.517. The average Bonchev–Trinajstić information content (AvgIpc) is 3.21. The van der Waals surface area contributed by atoms with Crippen molar-refractivity contribution < 1.29 is 9.59 Å². The van der Waals surface area contributed by atoms with Gasteiger partial charge in [-0.25, -0.2) is 4.98 Å². The van der Waals surface area contributed by atoms with Crippen LogP contribution in [0, 0.1) is 12.8 Å². The van der Waals surface area contributed by atoms with E-state index in [1.54, 1.807) is 13.0 Å². The predicted molar refractivity (Wildman–Crippen MR) is 132 cm³/mol. The van der Waals surface area contributed by atoms with Gasteiger partial charge in [0.25, 0.3) is 0 Å². The molecule has 0 spiro atoms. The van der Waals surface area contributed by atoms with Crippen molar-refractivity contribution >= 4 is 17.6 Å². The number of nitrogens with zero attached hydrogens (tertiary/aromatic N) is 1. The first-order chi connectivity index (χ1) is 15.5. The summed E-state index contributed by atoms with van der Waals surface area (Å²) in [4.78, 5) is 29.4. The second kappa shape index (κ2) is 10.3. The molecule has 2 aromatic rings. The number of anilines is 1. The molecule has 1 aliphatic heterocycles. The number of benzene rings is 1. The molecular weight excluding hydrogens is 414 g/mol. The Morgan fingerprint density at radius 1 is 1.18 bits per heavy atom. The number of nitrogens with two attached hydrogens (primary N) is 1. The molecule has 2 amide bonds. The number of carbonyl (C=O) groups excluding carboxylic acids is 2. The number of nitrogens with one attached hydrogen (secondary N) is 3. The summed E-state index contributed by atoms with van der Waals surface area (Å²) in [5.41, 5.74) is 10.1. The number of rotatable bonds is 7. The average molecular weight is 452 g/mol. The van der Waals surface area contributed by atoms with Crippen molar-refractivity contribution in [3.63, 3.8) is 0 Å². The molecule has 1 fully saturated rings. The Balaban J connectivity index is 1.45. The van der Waals surface area contributed by atoms with E-state index in [4.69, 9.17) is 5.73 Å². The molecule has 3 rings (SSSR count). The lowest BCUT2D eigenvalue weighted by Gasteiger charge is -2.19. The summed E-state index contributed by atoms with van der Waals surface area (Å²) in [6.45, 7) is 11.3. The molecule has 3 atom stereocenters. The zero-order valence-corrected chi connectivity index (χ0v) is 20.4. The van der Waals surface area contributed by atoms with E-state index in [-0.39, 0.29) is 23.3 Å². The van der Waals surface area contributed by atoms with Gasteiger partial charge in [-0.05, 0) is 67.3 Å². The number of hydrogen-bond donors (Lipinski definition) is 4. The molecule has 0 radical (unpaired) electrons. The van der Waals surface area contributed by atoms with Gasteiger partial charge in [-0.3, -0.25) is 9.59 Å². The summed E-state index contributed by atoms with van der Waals surface area (Å²) < 4.78 is 0. The first kappa shape index (κ1) is 24.7. The van der Waals surface area contributed by atoms with E-state index in [9.17, 15) is 9.59 Å². The van der Waals surface area contributed by atoms with Crippen LogP contribution in [0.15, 0.2) is 36.4 Å². The van der Waals surface area contributed by atoms with E-state index < -0.39 is 6.04 Å². The number of carbonyl (C=O) groups is 2. The van der Waals surface area contributed by atoms with Gasteiger partial charge in [-0.1, -0.05) is 51.1 Å². The van der Waals surface area contributed by atoms with Crippen molar-refractivity contribution in [1.82, 2.24) is 20.9 Å². The number of amides is 2. The van der Waals surface area contributed by atoms with E-state index in [0.29, 0.717) is 18.3 Å². The lowest BCUT2D eigenvalue weighted by Crippen LogP contribution is -2.50. The number of nitrogen functional groups attached to an aromatic ring is 1. The molecule has 1 aliphatic rings. The Labute approximate surface area is 196 Å². The van der Waals surface area contributed by atoms with Gasteiger partial charge in [0.15, 0.2) is 0 Å². The van der Waals surface area contributed by atoms with Gasteiger partial charge >= 0.3 is 0 Å². The monoisotopic (exact) mass is 451 g/mol. The molecule has 1 aromatic carbocycles. The molecule has 0 bridgehead atoms. The summed E-state index contributed by atoms with van der Waals surface area (Å²) >= 11 is 0. The standard InChI is InChI=1S/C26H37N5O2/c1-16-20(8-11-23(27)30-16)15-29-24(32)17(2)31-25(33)22-13-19(14-28-22)12-18-6-9-21(10-7-18)26(3,4)5/h6-11,17,19,22,28H,12-15H2,1-5H3,(H2,27,30)(H,29,32)(H,31,33)/t17-,19-,22+/m0/s1. The van der Waals surface area contributed by atoms with Gasteiger partial charge < -0.3 is 21.7 Å². The molecular formula is C26H37N5O2. The van der Waals surface area contributed by atoms with Crippen molar-refractivity contribution in [2.45, 2.75) is 71.5 Å². The van der Waals surface area contributed by atoms with Crippen LogP contribution < -0.4 is 21.7 Å². The Hall–Kier alpha value is -2.93. The first-order valence-corrected chi connectivity index (χ1v) is 11.7. The fourth-order valence-electron chi connectivity index (χ4n) is 4.15. The molecule has 1 aromatic heterocycles. The molecule has 0 unspecified atom stereocenters. The highest BCUT2D eigenvalue weighted by atomic mass is 16.2. The van der Waals surface area contributed by atoms with Gasteiger partial charge in [-0.15, -0.1) is 0 Å². The highest BCUT2D eigenvalue weighted by molar-refractivity contribution is 5.89. The third kappa shape index (κ3) is 6.78.